The molecule has 1 aliphatic heterocycles. The highest BCUT2D eigenvalue weighted by molar-refractivity contribution is 6.02. The van der Waals surface area contributed by atoms with Gasteiger partial charge >= 0.3 is 0 Å². The van der Waals surface area contributed by atoms with Gasteiger partial charge in [-0.2, -0.15) is 0 Å². The predicted octanol–water partition coefficient (Wildman–Crippen LogP) is 3.40. The summed E-state index contributed by atoms with van der Waals surface area (Å²) >= 11 is 0. The van der Waals surface area contributed by atoms with E-state index in [4.69, 9.17) is 4.74 Å². The SMILES string of the molecule is Cc1cccc(C(=O)N2CCCC[C@H]2COc2cccc(O)c2C=O)c1C=O. The number of nitrogens with zero attached hydrogens (tertiary/aromatic N) is 1. The second kappa shape index (κ2) is 8.69. The first-order chi connectivity index (χ1) is 13.6. The first-order valence-corrected chi connectivity index (χ1v) is 9.32. The molecular weight excluding hydrogens is 358 g/mol. The molecule has 28 heavy (non-hydrogen) atoms. The molecule has 1 amide bonds. The summed E-state index contributed by atoms with van der Waals surface area (Å²) in [5, 5.41) is 9.79. The lowest BCUT2D eigenvalue weighted by atomic mass is 9.98. The number of amides is 1. The van der Waals surface area contributed by atoms with Gasteiger partial charge in [-0.15, -0.1) is 0 Å². The summed E-state index contributed by atoms with van der Waals surface area (Å²) in [6.45, 7) is 2.60. The average Bonchev–Trinajstić information content (AvgIpc) is 2.71. The van der Waals surface area contributed by atoms with Gasteiger partial charge in [-0.1, -0.05) is 18.2 Å². The molecule has 0 radical (unpaired) electrons. The summed E-state index contributed by atoms with van der Waals surface area (Å²) < 4.78 is 5.79. The number of hydrogen-bond acceptors (Lipinski definition) is 5. The zero-order valence-electron chi connectivity index (χ0n) is 15.8. The Kier molecular flexibility index (Phi) is 6.09. The first kappa shape index (κ1) is 19.6. The molecule has 1 N–H and O–H groups in total. The van der Waals surface area contributed by atoms with Crippen LogP contribution in [0.2, 0.25) is 0 Å². The third kappa shape index (κ3) is 3.91. The number of hydrogen-bond donors (Lipinski definition) is 1. The summed E-state index contributed by atoms with van der Waals surface area (Å²) in [6.07, 6.45) is 3.89. The Hall–Kier alpha value is -3.15. The minimum absolute atomic E-state index is 0.0955. The van der Waals surface area contributed by atoms with Crippen LogP contribution < -0.4 is 4.74 Å². The van der Waals surface area contributed by atoms with Crippen LogP contribution >= 0.6 is 0 Å². The van der Waals surface area contributed by atoms with Crippen LogP contribution in [-0.4, -0.2) is 47.7 Å². The van der Waals surface area contributed by atoms with Crippen LogP contribution in [0.3, 0.4) is 0 Å². The van der Waals surface area contributed by atoms with Crippen LogP contribution in [0.15, 0.2) is 36.4 Å². The molecule has 0 unspecified atom stereocenters. The predicted molar refractivity (Wildman–Crippen MR) is 104 cm³/mol. The molecule has 1 fully saturated rings. The van der Waals surface area contributed by atoms with Crippen molar-refractivity contribution >= 4 is 18.5 Å². The van der Waals surface area contributed by atoms with E-state index in [1.54, 1.807) is 42.2 Å². The Labute approximate surface area is 163 Å². The molecule has 1 aliphatic rings. The fourth-order valence-electron chi connectivity index (χ4n) is 3.58. The summed E-state index contributed by atoms with van der Waals surface area (Å²) in [6, 6.07) is 9.71. The number of aryl methyl sites for hydroxylation is 1. The third-order valence-corrected chi connectivity index (χ3v) is 5.15. The number of phenolic OH excluding ortho intramolecular Hbond substituents is 1. The lowest BCUT2D eigenvalue weighted by molar-refractivity contribution is 0.0525. The molecule has 0 spiro atoms. The number of rotatable bonds is 6. The number of ether oxygens (including phenoxy) is 1. The molecule has 1 heterocycles. The van der Waals surface area contributed by atoms with Crippen LogP contribution in [0.5, 0.6) is 11.5 Å². The smallest absolute Gasteiger partial charge is 0.254 e. The summed E-state index contributed by atoms with van der Waals surface area (Å²) in [5.74, 6) is -0.0396. The lowest BCUT2D eigenvalue weighted by Gasteiger charge is -2.36. The van der Waals surface area contributed by atoms with Gasteiger partial charge in [0.25, 0.3) is 5.91 Å². The van der Waals surface area contributed by atoms with E-state index in [-0.39, 0.29) is 35.6 Å². The monoisotopic (exact) mass is 381 g/mol. The Bertz CT molecular complexity index is 892. The van der Waals surface area contributed by atoms with Gasteiger partial charge in [0, 0.05) is 12.1 Å². The van der Waals surface area contributed by atoms with Crippen molar-refractivity contribution in [1.29, 1.82) is 0 Å². The van der Waals surface area contributed by atoms with Gasteiger partial charge in [0.2, 0.25) is 0 Å². The molecule has 2 aromatic rings. The van der Waals surface area contributed by atoms with Gasteiger partial charge in [0.05, 0.1) is 17.2 Å². The van der Waals surface area contributed by atoms with Gasteiger partial charge in [-0.05, 0) is 49.9 Å². The molecule has 0 bridgehead atoms. The summed E-state index contributed by atoms with van der Waals surface area (Å²) in [4.78, 5) is 37.6. The minimum atomic E-state index is -0.189. The summed E-state index contributed by atoms with van der Waals surface area (Å²) in [7, 11) is 0. The maximum Gasteiger partial charge on any atom is 0.254 e. The van der Waals surface area contributed by atoms with Gasteiger partial charge in [-0.3, -0.25) is 14.4 Å². The van der Waals surface area contributed by atoms with Crippen molar-refractivity contribution in [3.05, 3.63) is 58.7 Å². The van der Waals surface area contributed by atoms with Gasteiger partial charge in [0.1, 0.15) is 18.1 Å². The van der Waals surface area contributed by atoms with E-state index >= 15 is 0 Å². The van der Waals surface area contributed by atoms with E-state index in [0.29, 0.717) is 24.0 Å². The second-order valence-electron chi connectivity index (χ2n) is 6.92. The number of aromatic hydroxyl groups is 1. The average molecular weight is 381 g/mol. The Morgan fingerprint density at radius 1 is 1.14 bits per heavy atom. The molecule has 2 aromatic carbocycles. The quantitative estimate of drug-likeness (QED) is 0.776. The molecular formula is C22H23NO5. The molecule has 3 rings (SSSR count). The Balaban J connectivity index is 1.81. The molecule has 1 saturated heterocycles. The van der Waals surface area contributed by atoms with Crippen molar-refractivity contribution in [2.24, 2.45) is 0 Å². The number of carbonyl (C=O) groups excluding carboxylic acids is 3. The van der Waals surface area contributed by atoms with Gasteiger partial charge in [-0.25, -0.2) is 0 Å². The van der Waals surface area contributed by atoms with E-state index in [0.717, 1.165) is 31.1 Å². The molecule has 6 heteroatoms. The van der Waals surface area contributed by atoms with Crippen molar-refractivity contribution < 1.29 is 24.2 Å². The van der Waals surface area contributed by atoms with E-state index in [1.807, 2.05) is 0 Å². The third-order valence-electron chi connectivity index (χ3n) is 5.15. The molecule has 0 saturated carbocycles. The highest BCUT2D eigenvalue weighted by Gasteiger charge is 2.29. The first-order valence-electron chi connectivity index (χ1n) is 9.32. The topological polar surface area (TPSA) is 83.9 Å². The van der Waals surface area contributed by atoms with Crippen molar-refractivity contribution in [2.75, 3.05) is 13.2 Å². The number of piperidine rings is 1. The second-order valence-corrected chi connectivity index (χ2v) is 6.92. The molecule has 0 aliphatic carbocycles. The van der Waals surface area contributed by atoms with Crippen molar-refractivity contribution in [3.8, 4) is 11.5 Å². The minimum Gasteiger partial charge on any atom is -0.507 e. The molecule has 146 valence electrons. The van der Waals surface area contributed by atoms with Crippen LogP contribution in [0.4, 0.5) is 0 Å². The number of likely N-dealkylation sites (tertiary alicyclic amines) is 1. The normalized spacial score (nSPS) is 16.5. The molecule has 1 atom stereocenters. The van der Waals surface area contributed by atoms with E-state index in [1.165, 1.54) is 6.07 Å². The fraction of sp³-hybridized carbons (Fsp3) is 0.318. The van der Waals surface area contributed by atoms with Gasteiger partial charge < -0.3 is 14.7 Å². The fourth-order valence-corrected chi connectivity index (χ4v) is 3.58. The maximum atomic E-state index is 13.1. The van der Waals surface area contributed by atoms with Crippen LogP contribution in [0, 0.1) is 6.92 Å². The van der Waals surface area contributed by atoms with Gasteiger partial charge in [0.15, 0.2) is 12.6 Å². The van der Waals surface area contributed by atoms with E-state index in [2.05, 4.69) is 0 Å². The highest BCUT2D eigenvalue weighted by atomic mass is 16.5. The van der Waals surface area contributed by atoms with E-state index in [9.17, 15) is 19.5 Å². The number of carbonyl (C=O) groups is 3. The zero-order valence-corrected chi connectivity index (χ0v) is 15.8. The van der Waals surface area contributed by atoms with Crippen LogP contribution in [0.25, 0.3) is 0 Å². The lowest BCUT2D eigenvalue weighted by Crippen LogP contribution is -2.47. The molecule has 6 nitrogen and oxygen atoms in total. The largest absolute Gasteiger partial charge is 0.507 e. The Morgan fingerprint density at radius 3 is 2.64 bits per heavy atom. The van der Waals surface area contributed by atoms with Crippen LogP contribution in [-0.2, 0) is 0 Å². The zero-order chi connectivity index (χ0) is 20.1. The number of phenols is 1. The summed E-state index contributed by atoms with van der Waals surface area (Å²) in [5.41, 5.74) is 1.67. The van der Waals surface area contributed by atoms with Crippen LogP contribution in [0.1, 0.15) is 55.9 Å². The maximum absolute atomic E-state index is 13.1. The standard InChI is InChI=1S/C22H23NO5/c1-15-6-4-8-17(18(15)12-24)22(27)23-11-3-2-7-16(23)14-28-21-10-5-9-20(26)19(21)13-25/h4-6,8-10,12-13,16,26H,2-3,7,11,14H2,1H3/t16-/m0/s1. The molecule has 0 aromatic heterocycles. The Morgan fingerprint density at radius 2 is 1.89 bits per heavy atom. The highest BCUT2D eigenvalue weighted by Crippen LogP contribution is 2.27. The van der Waals surface area contributed by atoms with Crippen molar-refractivity contribution in [3.63, 3.8) is 0 Å². The van der Waals surface area contributed by atoms with E-state index < -0.39 is 0 Å². The van der Waals surface area contributed by atoms with Crippen molar-refractivity contribution in [2.45, 2.75) is 32.2 Å². The number of benzene rings is 2. The van der Waals surface area contributed by atoms with Crippen molar-refractivity contribution in [1.82, 2.24) is 4.90 Å². The number of aldehydes is 2.